The van der Waals surface area contributed by atoms with Gasteiger partial charge >= 0.3 is 6.03 Å². The Bertz CT molecular complexity index is 1370. The van der Waals surface area contributed by atoms with Gasteiger partial charge in [0.1, 0.15) is 12.2 Å². The zero-order valence-corrected chi connectivity index (χ0v) is 17.0. The molecule has 1 aliphatic rings. The van der Waals surface area contributed by atoms with Crippen LogP contribution in [-0.2, 0) is 23.4 Å². The van der Waals surface area contributed by atoms with Crippen molar-refractivity contribution >= 4 is 22.8 Å². The number of carbonyl (C=O) groups excluding carboxylic acids is 2. The molecule has 4 aromatic rings. The van der Waals surface area contributed by atoms with Crippen LogP contribution in [0.5, 0.6) is 0 Å². The number of amides is 3. The van der Waals surface area contributed by atoms with E-state index in [1.807, 2.05) is 60.7 Å². The zero-order chi connectivity index (χ0) is 22.1. The minimum atomic E-state index is -1.28. The maximum absolute atomic E-state index is 13.7. The molecule has 8 heteroatoms. The fourth-order valence-electron chi connectivity index (χ4n) is 4.05. The molecule has 3 amide bonds. The van der Waals surface area contributed by atoms with Crippen molar-refractivity contribution in [2.24, 2.45) is 0 Å². The molecule has 32 heavy (non-hydrogen) atoms. The van der Waals surface area contributed by atoms with Crippen LogP contribution >= 0.6 is 0 Å². The van der Waals surface area contributed by atoms with Gasteiger partial charge in [0.15, 0.2) is 5.54 Å². The number of rotatable bonds is 5. The third-order valence-electron chi connectivity index (χ3n) is 5.66. The molecular formula is C24H19N5O3. The third-order valence-corrected chi connectivity index (χ3v) is 5.66. The van der Waals surface area contributed by atoms with Crippen LogP contribution < -0.4 is 10.9 Å². The van der Waals surface area contributed by atoms with Gasteiger partial charge in [-0.25, -0.2) is 9.69 Å². The Morgan fingerprint density at radius 2 is 1.47 bits per heavy atom. The van der Waals surface area contributed by atoms with E-state index in [4.69, 9.17) is 0 Å². The summed E-state index contributed by atoms with van der Waals surface area (Å²) in [5.74, 6) is -0.445. The van der Waals surface area contributed by atoms with Crippen LogP contribution in [0.1, 0.15) is 11.1 Å². The minimum Gasteiger partial charge on any atom is -0.319 e. The fraction of sp³-hybridized carbons (Fsp3) is 0.125. The first-order chi connectivity index (χ1) is 15.6. The Morgan fingerprint density at radius 3 is 2.22 bits per heavy atom. The SMILES string of the molecule is O=C1N[C@@](Cc2ccccc2)(c2ccccc2)C(=O)N1Cn1nnc2ccccc2c1=O. The number of benzene rings is 3. The summed E-state index contributed by atoms with van der Waals surface area (Å²) in [6.45, 7) is -0.329. The van der Waals surface area contributed by atoms with Gasteiger partial charge in [-0.2, -0.15) is 4.68 Å². The summed E-state index contributed by atoms with van der Waals surface area (Å²) >= 11 is 0. The average Bonchev–Trinajstić information content (AvgIpc) is 3.07. The first-order valence-corrected chi connectivity index (χ1v) is 10.1. The van der Waals surface area contributed by atoms with Crippen molar-refractivity contribution in [1.29, 1.82) is 0 Å². The van der Waals surface area contributed by atoms with E-state index in [0.29, 0.717) is 16.5 Å². The summed E-state index contributed by atoms with van der Waals surface area (Å²) in [4.78, 5) is 40.5. The maximum atomic E-state index is 13.7. The lowest BCUT2D eigenvalue weighted by atomic mass is 9.83. The summed E-state index contributed by atoms with van der Waals surface area (Å²) in [5, 5.41) is 11.2. The summed E-state index contributed by atoms with van der Waals surface area (Å²) in [6, 6.07) is 24.8. The van der Waals surface area contributed by atoms with E-state index in [0.717, 1.165) is 15.1 Å². The van der Waals surface area contributed by atoms with Crippen LogP contribution in [0.15, 0.2) is 89.7 Å². The standard InChI is InChI=1S/C24H19N5O3/c30-21-19-13-7-8-14-20(19)26-27-29(21)16-28-22(31)24(25-23(28)32,18-11-5-2-6-12-18)15-17-9-3-1-4-10-17/h1-14H,15-16H2,(H,25,32)/t24-/m0/s1. The fourth-order valence-corrected chi connectivity index (χ4v) is 4.05. The van der Waals surface area contributed by atoms with E-state index < -0.39 is 23.0 Å². The topological polar surface area (TPSA) is 97.2 Å². The lowest BCUT2D eigenvalue weighted by Gasteiger charge is -2.27. The van der Waals surface area contributed by atoms with Gasteiger partial charge in [0.05, 0.1) is 5.39 Å². The number of aromatic nitrogens is 3. The van der Waals surface area contributed by atoms with Crippen LogP contribution in [0.3, 0.4) is 0 Å². The first kappa shape index (κ1) is 19.6. The normalized spacial score (nSPS) is 18.2. The van der Waals surface area contributed by atoms with E-state index in [2.05, 4.69) is 15.6 Å². The monoisotopic (exact) mass is 425 g/mol. The zero-order valence-electron chi connectivity index (χ0n) is 17.0. The molecule has 1 fully saturated rings. The van der Waals surface area contributed by atoms with Crippen LogP contribution in [0.4, 0.5) is 4.79 Å². The average molecular weight is 425 g/mol. The molecule has 1 aromatic heterocycles. The van der Waals surface area contributed by atoms with Crippen LogP contribution in [0.2, 0.25) is 0 Å². The lowest BCUT2D eigenvalue weighted by Crippen LogP contribution is -2.46. The number of urea groups is 1. The highest BCUT2D eigenvalue weighted by Gasteiger charge is 2.52. The Hall–Kier alpha value is -4.33. The molecule has 3 aromatic carbocycles. The number of hydrogen-bond acceptors (Lipinski definition) is 5. The second-order valence-corrected chi connectivity index (χ2v) is 7.65. The summed E-state index contributed by atoms with van der Waals surface area (Å²) in [6.07, 6.45) is 0.275. The molecule has 0 aliphatic carbocycles. The highest BCUT2D eigenvalue weighted by Crippen LogP contribution is 2.33. The van der Waals surface area contributed by atoms with Gasteiger partial charge in [0.2, 0.25) is 0 Å². The molecule has 1 aliphatic heterocycles. The van der Waals surface area contributed by atoms with Gasteiger partial charge in [0, 0.05) is 6.42 Å². The van der Waals surface area contributed by atoms with E-state index >= 15 is 0 Å². The van der Waals surface area contributed by atoms with Crippen LogP contribution in [-0.4, -0.2) is 31.8 Å². The summed E-state index contributed by atoms with van der Waals surface area (Å²) < 4.78 is 1.03. The van der Waals surface area contributed by atoms with E-state index in [1.165, 1.54) is 0 Å². The Kier molecular flexibility index (Phi) is 4.74. The van der Waals surface area contributed by atoms with Crippen LogP contribution in [0.25, 0.3) is 10.9 Å². The lowest BCUT2D eigenvalue weighted by molar-refractivity contribution is -0.133. The van der Waals surface area contributed by atoms with E-state index in [1.54, 1.807) is 24.3 Å². The van der Waals surface area contributed by atoms with Gasteiger partial charge in [-0.05, 0) is 23.3 Å². The number of nitrogens with zero attached hydrogens (tertiary/aromatic N) is 4. The molecule has 1 saturated heterocycles. The van der Waals surface area contributed by atoms with Gasteiger partial charge in [0.25, 0.3) is 11.5 Å². The number of fused-ring (bicyclic) bond motifs is 1. The summed E-state index contributed by atoms with van der Waals surface area (Å²) in [7, 11) is 0. The molecule has 0 saturated carbocycles. The molecule has 1 atom stereocenters. The van der Waals surface area contributed by atoms with Gasteiger partial charge in [-0.3, -0.25) is 9.59 Å². The van der Waals surface area contributed by atoms with E-state index in [9.17, 15) is 14.4 Å². The second-order valence-electron chi connectivity index (χ2n) is 7.65. The molecule has 2 heterocycles. The van der Waals surface area contributed by atoms with Crippen molar-refractivity contribution in [3.8, 4) is 0 Å². The minimum absolute atomic E-state index is 0.275. The van der Waals surface area contributed by atoms with Gasteiger partial charge in [-0.1, -0.05) is 78.0 Å². The molecule has 158 valence electrons. The third kappa shape index (κ3) is 3.22. The van der Waals surface area contributed by atoms with Gasteiger partial charge in [-0.15, -0.1) is 5.10 Å². The molecule has 0 unspecified atom stereocenters. The van der Waals surface area contributed by atoms with Crippen molar-refractivity contribution in [3.05, 3.63) is 106 Å². The first-order valence-electron chi connectivity index (χ1n) is 10.1. The van der Waals surface area contributed by atoms with Crippen LogP contribution in [0, 0.1) is 0 Å². The van der Waals surface area contributed by atoms with E-state index in [-0.39, 0.29) is 13.1 Å². The molecule has 0 bridgehead atoms. The summed E-state index contributed by atoms with van der Waals surface area (Å²) in [5.41, 5.74) is 0.314. The smallest absolute Gasteiger partial charge is 0.319 e. The second kappa shape index (κ2) is 7.73. The Balaban J connectivity index is 1.54. The van der Waals surface area contributed by atoms with Crippen molar-refractivity contribution in [2.75, 3.05) is 0 Å². The molecule has 8 nitrogen and oxygen atoms in total. The number of carbonyl (C=O) groups is 2. The van der Waals surface area contributed by atoms with Crippen molar-refractivity contribution in [3.63, 3.8) is 0 Å². The number of imide groups is 1. The highest BCUT2D eigenvalue weighted by atomic mass is 16.2. The highest BCUT2D eigenvalue weighted by molar-refractivity contribution is 6.07. The largest absolute Gasteiger partial charge is 0.326 e. The predicted octanol–water partition coefficient (Wildman–Crippen LogP) is 2.44. The quantitative estimate of drug-likeness (QED) is 0.496. The van der Waals surface area contributed by atoms with Crippen molar-refractivity contribution in [2.45, 2.75) is 18.6 Å². The van der Waals surface area contributed by atoms with Crippen molar-refractivity contribution < 1.29 is 9.59 Å². The molecule has 5 rings (SSSR count). The Labute approximate surface area is 183 Å². The van der Waals surface area contributed by atoms with Gasteiger partial charge < -0.3 is 5.32 Å². The predicted molar refractivity (Wildman–Crippen MR) is 117 cm³/mol. The maximum Gasteiger partial charge on any atom is 0.326 e. The Morgan fingerprint density at radius 1 is 0.812 bits per heavy atom. The number of nitrogens with one attached hydrogen (secondary N) is 1. The van der Waals surface area contributed by atoms with Crippen molar-refractivity contribution in [1.82, 2.24) is 25.2 Å². The molecule has 0 spiro atoms. The molecule has 1 N–H and O–H groups in total. The molecular weight excluding hydrogens is 406 g/mol. The number of hydrogen-bond donors (Lipinski definition) is 1. The molecule has 0 radical (unpaired) electrons.